The van der Waals surface area contributed by atoms with Crippen LogP contribution in [0, 0.1) is 5.92 Å². The zero-order valence-corrected chi connectivity index (χ0v) is 10.4. The maximum absolute atomic E-state index is 5.54. The van der Waals surface area contributed by atoms with E-state index in [1.165, 1.54) is 19.3 Å². The number of likely N-dealkylation sites (N-methyl/N-ethyl adjacent to an activating group) is 1. The van der Waals surface area contributed by atoms with Crippen LogP contribution >= 0.6 is 0 Å². The molecular formula is C12H26N2O. The second-order valence-corrected chi connectivity index (χ2v) is 4.62. The Kier molecular flexibility index (Phi) is 6.22. The van der Waals surface area contributed by atoms with Gasteiger partial charge in [0.15, 0.2) is 0 Å². The van der Waals surface area contributed by atoms with Gasteiger partial charge in [0, 0.05) is 19.2 Å². The Hall–Kier alpha value is -0.120. The predicted molar refractivity (Wildman–Crippen MR) is 64.1 cm³/mol. The first-order valence-electron chi connectivity index (χ1n) is 6.25. The molecule has 0 saturated heterocycles. The average molecular weight is 214 g/mol. The Labute approximate surface area is 94.0 Å². The standard InChI is InChI=1S/C12H26N2O/c1-4-15-12-7-11(8-12)5-6-14-10(2)9-13-3/h10-14H,4-9H2,1-3H3. The summed E-state index contributed by atoms with van der Waals surface area (Å²) in [5.41, 5.74) is 0. The third-order valence-corrected chi connectivity index (χ3v) is 3.15. The second kappa shape index (κ2) is 7.20. The fourth-order valence-electron chi connectivity index (χ4n) is 2.19. The van der Waals surface area contributed by atoms with E-state index < -0.39 is 0 Å². The topological polar surface area (TPSA) is 33.3 Å². The van der Waals surface area contributed by atoms with Gasteiger partial charge >= 0.3 is 0 Å². The number of hydrogen-bond donors (Lipinski definition) is 2. The molecule has 0 heterocycles. The van der Waals surface area contributed by atoms with Crippen LogP contribution in [-0.4, -0.2) is 38.9 Å². The molecule has 0 radical (unpaired) electrons. The summed E-state index contributed by atoms with van der Waals surface area (Å²) in [6.45, 7) is 7.36. The van der Waals surface area contributed by atoms with Crippen molar-refractivity contribution >= 4 is 0 Å². The summed E-state index contributed by atoms with van der Waals surface area (Å²) in [5, 5.41) is 6.70. The molecule has 0 aromatic rings. The van der Waals surface area contributed by atoms with Gasteiger partial charge in [0.2, 0.25) is 0 Å². The normalized spacial score (nSPS) is 27.4. The van der Waals surface area contributed by atoms with Gasteiger partial charge in [-0.25, -0.2) is 0 Å². The molecule has 3 nitrogen and oxygen atoms in total. The highest BCUT2D eigenvalue weighted by atomic mass is 16.5. The summed E-state index contributed by atoms with van der Waals surface area (Å²) >= 11 is 0. The van der Waals surface area contributed by atoms with Gasteiger partial charge in [-0.2, -0.15) is 0 Å². The molecule has 1 aliphatic carbocycles. The van der Waals surface area contributed by atoms with E-state index in [0.29, 0.717) is 12.1 Å². The lowest BCUT2D eigenvalue weighted by molar-refractivity contribution is -0.0264. The fourth-order valence-corrected chi connectivity index (χ4v) is 2.19. The van der Waals surface area contributed by atoms with Crippen LogP contribution in [0.15, 0.2) is 0 Å². The molecule has 1 atom stereocenters. The molecule has 1 aliphatic rings. The third-order valence-electron chi connectivity index (χ3n) is 3.15. The molecule has 0 aliphatic heterocycles. The Morgan fingerprint density at radius 3 is 2.73 bits per heavy atom. The van der Waals surface area contributed by atoms with Crippen LogP contribution in [0.5, 0.6) is 0 Å². The van der Waals surface area contributed by atoms with Crippen molar-refractivity contribution in [2.75, 3.05) is 26.7 Å². The first kappa shape index (κ1) is 12.9. The van der Waals surface area contributed by atoms with E-state index in [1.807, 2.05) is 7.05 Å². The molecule has 0 amide bonds. The fraction of sp³-hybridized carbons (Fsp3) is 1.00. The van der Waals surface area contributed by atoms with Gasteiger partial charge in [-0.15, -0.1) is 0 Å². The molecule has 1 saturated carbocycles. The van der Waals surface area contributed by atoms with E-state index in [2.05, 4.69) is 24.5 Å². The monoisotopic (exact) mass is 214 g/mol. The van der Waals surface area contributed by atoms with Gasteiger partial charge in [-0.05, 0) is 52.6 Å². The van der Waals surface area contributed by atoms with Gasteiger partial charge in [0.1, 0.15) is 0 Å². The molecule has 2 N–H and O–H groups in total. The minimum absolute atomic E-state index is 0.565. The molecule has 0 bridgehead atoms. The van der Waals surface area contributed by atoms with Crippen molar-refractivity contribution < 1.29 is 4.74 Å². The van der Waals surface area contributed by atoms with Crippen LogP contribution in [-0.2, 0) is 4.74 Å². The highest BCUT2D eigenvalue weighted by Crippen LogP contribution is 2.32. The minimum Gasteiger partial charge on any atom is -0.378 e. The lowest BCUT2D eigenvalue weighted by Gasteiger charge is -2.35. The minimum atomic E-state index is 0.565. The molecule has 0 aromatic heterocycles. The smallest absolute Gasteiger partial charge is 0.0580 e. The SMILES string of the molecule is CCOC1CC(CCNC(C)CNC)C1. The quantitative estimate of drug-likeness (QED) is 0.640. The van der Waals surface area contributed by atoms with E-state index >= 15 is 0 Å². The van der Waals surface area contributed by atoms with Crippen molar-refractivity contribution in [3.05, 3.63) is 0 Å². The molecule has 1 fully saturated rings. The summed E-state index contributed by atoms with van der Waals surface area (Å²) in [7, 11) is 2.00. The summed E-state index contributed by atoms with van der Waals surface area (Å²) < 4.78 is 5.54. The summed E-state index contributed by atoms with van der Waals surface area (Å²) in [6, 6.07) is 0.581. The van der Waals surface area contributed by atoms with E-state index in [1.54, 1.807) is 0 Å². The number of ether oxygens (including phenoxy) is 1. The van der Waals surface area contributed by atoms with Crippen LogP contribution in [0.4, 0.5) is 0 Å². The van der Waals surface area contributed by atoms with Gasteiger partial charge in [0.25, 0.3) is 0 Å². The summed E-state index contributed by atoms with van der Waals surface area (Å²) in [5.74, 6) is 0.899. The van der Waals surface area contributed by atoms with Gasteiger partial charge in [-0.1, -0.05) is 0 Å². The molecule has 0 spiro atoms. The van der Waals surface area contributed by atoms with Crippen molar-refractivity contribution in [3.63, 3.8) is 0 Å². The number of hydrogen-bond acceptors (Lipinski definition) is 3. The van der Waals surface area contributed by atoms with Crippen LogP contribution in [0.1, 0.15) is 33.1 Å². The molecule has 1 unspecified atom stereocenters. The van der Waals surface area contributed by atoms with E-state index in [0.717, 1.165) is 25.6 Å². The largest absolute Gasteiger partial charge is 0.378 e. The number of rotatable bonds is 8. The maximum Gasteiger partial charge on any atom is 0.0580 e. The maximum atomic E-state index is 5.54. The Balaban J connectivity index is 1.90. The predicted octanol–water partition coefficient (Wildman–Crippen LogP) is 1.39. The van der Waals surface area contributed by atoms with Crippen LogP contribution in [0.2, 0.25) is 0 Å². The lowest BCUT2D eigenvalue weighted by atomic mass is 9.80. The van der Waals surface area contributed by atoms with Crippen LogP contribution in [0.3, 0.4) is 0 Å². The van der Waals surface area contributed by atoms with Crippen molar-refractivity contribution in [1.82, 2.24) is 10.6 Å². The van der Waals surface area contributed by atoms with Crippen molar-refractivity contribution in [3.8, 4) is 0 Å². The van der Waals surface area contributed by atoms with Crippen molar-refractivity contribution in [1.29, 1.82) is 0 Å². The second-order valence-electron chi connectivity index (χ2n) is 4.62. The highest BCUT2D eigenvalue weighted by Gasteiger charge is 2.28. The summed E-state index contributed by atoms with van der Waals surface area (Å²) in [4.78, 5) is 0. The average Bonchev–Trinajstić information content (AvgIpc) is 2.14. The Morgan fingerprint density at radius 1 is 1.40 bits per heavy atom. The van der Waals surface area contributed by atoms with E-state index in [9.17, 15) is 0 Å². The van der Waals surface area contributed by atoms with E-state index in [-0.39, 0.29) is 0 Å². The van der Waals surface area contributed by atoms with Crippen molar-refractivity contribution in [2.24, 2.45) is 5.92 Å². The molecule has 15 heavy (non-hydrogen) atoms. The van der Waals surface area contributed by atoms with Crippen molar-refractivity contribution in [2.45, 2.75) is 45.3 Å². The zero-order valence-electron chi connectivity index (χ0n) is 10.4. The Bertz CT molecular complexity index is 158. The first-order chi connectivity index (χ1) is 7.26. The Morgan fingerprint density at radius 2 is 2.13 bits per heavy atom. The van der Waals surface area contributed by atoms with Crippen LogP contribution in [0.25, 0.3) is 0 Å². The van der Waals surface area contributed by atoms with Gasteiger partial charge < -0.3 is 15.4 Å². The first-order valence-corrected chi connectivity index (χ1v) is 6.25. The van der Waals surface area contributed by atoms with Gasteiger partial charge in [-0.3, -0.25) is 0 Å². The third kappa shape index (κ3) is 4.96. The van der Waals surface area contributed by atoms with E-state index in [4.69, 9.17) is 4.74 Å². The zero-order chi connectivity index (χ0) is 11.1. The lowest BCUT2D eigenvalue weighted by Crippen LogP contribution is -2.38. The molecule has 90 valence electrons. The van der Waals surface area contributed by atoms with Crippen LogP contribution < -0.4 is 10.6 Å². The molecular weight excluding hydrogens is 188 g/mol. The molecule has 1 rings (SSSR count). The number of nitrogens with one attached hydrogen (secondary N) is 2. The molecule has 3 heteroatoms. The van der Waals surface area contributed by atoms with Gasteiger partial charge in [0.05, 0.1) is 6.10 Å². The molecule has 0 aromatic carbocycles. The highest BCUT2D eigenvalue weighted by molar-refractivity contribution is 4.80. The summed E-state index contributed by atoms with van der Waals surface area (Å²) in [6.07, 6.45) is 4.42.